The first-order valence-electron chi connectivity index (χ1n) is 4.30. The van der Waals surface area contributed by atoms with Crippen LogP contribution in [0.15, 0.2) is 43.0 Å². The van der Waals surface area contributed by atoms with Gasteiger partial charge >= 0.3 is 43.7 Å². The summed E-state index contributed by atoms with van der Waals surface area (Å²) in [6.07, 6.45) is 1.13. The van der Waals surface area contributed by atoms with Gasteiger partial charge in [-0.1, -0.05) is 24.8 Å². The van der Waals surface area contributed by atoms with Gasteiger partial charge in [0.15, 0.2) is 0 Å². The summed E-state index contributed by atoms with van der Waals surface area (Å²) in [5.41, 5.74) is 0. The molecule has 0 bridgehead atoms. The van der Waals surface area contributed by atoms with Crippen molar-refractivity contribution in [2.75, 3.05) is 13.2 Å². The van der Waals surface area contributed by atoms with Crippen molar-refractivity contribution < 1.29 is 14.3 Å². The molecule has 0 radical (unpaired) electrons. The van der Waals surface area contributed by atoms with E-state index in [1.807, 2.05) is 30.3 Å². The summed E-state index contributed by atoms with van der Waals surface area (Å²) in [5.74, 6) is 0.337. The second-order valence-corrected chi connectivity index (χ2v) is 2.53. The first-order chi connectivity index (χ1) is 6.83. The molecule has 0 heterocycles. The Balaban J connectivity index is 0.00000196. The Hall–Kier alpha value is -0.510. The fraction of sp³-hybridized carbons (Fsp3) is 0.182. The molecule has 1 aromatic carbocycles. The molecular formula is C11H14CaO3. The predicted octanol–water partition coefficient (Wildman–Crippen LogP) is 0.878. The molecule has 0 N–H and O–H groups in total. The third kappa shape index (κ3) is 6.55. The Morgan fingerprint density at radius 1 is 1.27 bits per heavy atom. The Kier molecular flexibility index (Phi) is 8.47. The van der Waals surface area contributed by atoms with Gasteiger partial charge in [0.2, 0.25) is 0 Å². The van der Waals surface area contributed by atoms with E-state index in [2.05, 4.69) is 6.58 Å². The van der Waals surface area contributed by atoms with E-state index in [1.54, 1.807) is 0 Å². The fourth-order valence-electron chi connectivity index (χ4n) is 0.877. The SMILES string of the molecule is C=CC(=O)OCCOc1ccccc1.[CaH2]. The minimum atomic E-state index is -0.429. The van der Waals surface area contributed by atoms with E-state index in [-0.39, 0.29) is 44.3 Å². The molecule has 0 unspecified atom stereocenters. The van der Waals surface area contributed by atoms with Crippen LogP contribution in [0.25, 0.3) is 0 Å². The van der Waals surface area contributed by atoms with Gasteiger partial charge in [0.05, 0.1) is 0 Å². The number of carbonyl (C=O) groups excluding carboxylic acids is 1. The Morgan fingerprint density at radius 3 is 2.53 bits per heavy atom. The number of benzene rings is 1. The van der Waals surface area contributed by atoms with Gasteiger partial charge < -0.3 is 9.47 Å². The standard InChI is InChI=1S/C11H12O3.Ca.2H/c1-2-11(12)14-9-8-13-10-6-4-3-5-7-10;;;/h2-7H,1,8-9H2;;;. The molecule has 0 atom stereocenters. The van der Waals surface area contributed by atoms with Crippen LogP contribution in [0.2, 0.25) is 0 Å². The average molecular weight is 234 g/mol. The fourth-order valence-corrected chi connectivity index (χ4v) is 0.877. The third-order valence-electron chi connectivity index (χ3n) is 1.51. The molecule has 1 rings (SSSR count). The summed E-state index contributed by atoms with van der Waals surface area (Å²) in [6.45, 7) is 3.87. The molecule has 0 saturated carbocycles. The van der Waals surface area contributed by atoms with E-state index >= 15 is 0 Å². The summed E-state index contributed by atoms with van der Waals surface area (Å²) >= 11 is 0. The predicted molar refractivity (Wildman–Crippen MR) is 61.6 cm³/mol. The van der Waals surface area contributed by atoms with Gasteiger partial charge in [0, 0.05) is 6.08 Å². The van der Waals surface area contributed by atoms with Crippen LogP contribution in [0.3, 0.4) is 0 Å². The van der Waals surface area contributed by atoms with Gasteiger partial charge in [-0.05, 0) is 12.1 Å². The van der Waals surface area contributed by atoms with Gasteiger partial charge in [0.1, 0.15) is 19.0 Å². The number of carbonyl (C=O) groups is 1. The topological polar surface area (TPSA) is 35.5 Å². The first kappa shape index (κ1) is 14.5. The molecule has 4 heteroatoms. The molecule has 0 amide bonds. The van der Waals surface area contributed by atoms with Crippen LogP contribution in [-0.4, -0.2) is 56.9 Å². The van der Waals surface area contributed by atoms with E-state index < -0.39 is 5.97 Å². The zero-order valence-corrected chi connectivity index (χ0v) is 7.81. The van der Waals surface area contributed by atoms with Crippen molar-refractivity contribution in [1.29, 1.82) is 0 Å². The van der Waals surface area contributed by atoms with E-state index in [9.17, 15) is 4.79 Å². The maximum absolute atomic E-state index is 10.6. The number of ether oxygens (including phenoxy) is 2. The second kappa shape index (κ2) is 8.77. The number of hydrogen-bond acceptors (Lipinski definition) is 3. The second-order valence-electron chi connectivity index (χ2n) is 2.53. The van der Waals surface area contributed by atoms with Crippen LogP contribution >= 0.6 is 0 Å². The average Bonchev–Trinajstić information content (AvgIpc) is 2.25. The van der Waals surface area contributed by atoms with Gasteiger partial charge in [-0.15, -0.1) is 0 Å². The van der Waals surface area contributed by atoms with E-state index in [4.69, 9.17) is 9.47 Å². The summed E-state index contributed by atoms with van der Waals surface area (Å²) in [4.78, 5) is 10.6. The molecule has 0 saturated heterocycles. The van der Waals surface area contributed by atoms with Gasteiger partial charge in [-0.25, -0.2) is 4.79 Å². The molecule has 0 spiro atoms. The van der Waals surface area contributed by atoms with Crippen molar-refractivity contribution >= 4 is 43.7 Å². The Labute approximate surface area is 119 Å². The minimum absolute atomic E-state index is 0. The summed E-state index contributed by atoms with van der Waals surface area (Å²) < 4.78 is 10.0. The van der Waals surface area contributed by atoms with E-state index in [1.165, 1.54) is 0 Å². The van der Waals surface area contributed by atoms with Crippen molar-refractivity contribution in [2.24, 2.45) is 0 Å². The Bertz CT molecular complexity index is 298. The molecule has 0 fully saturated rings. The zero-order chi connectivity index (χ0) is 10.2. The molecule has 0 aliphatic carbocycles. The van der Waals surface area contributed by atoms with Crippen molar-refractivity contribution in [3.8, 4) is 5.75 Å². The summed E-state index contributed by atoms with van der Waals surface area (Å²) in [5, 5.41) is 0. The van der Waals surface area contributed by atoms with E-state index in [0.717, 1.165) is 11.8 Å². The molecular weight excluding hydrogens is 220 g/mol. The van der Waals surface area contributed by atoms with Crippen LogP contribution in [0.4, 0.5) is 0 Å². The van der Waals surface area contributed by atoms with Crippen LogP contribution in [-0.2, 0) is 9.53 Å². The molecule has 1 aromatic rings. The quantitative estimate of drug-likeness (QED) is 0.328. The van der Waals surface area contributed by atoms with Crippen molar-refractivity contribution in [1.82, 2.24) is 0 Å². The maximum atomic E-state index is 10.6. The van der Waals surface area contributed by atoms with E-state index in [0.29, 0.717) is 6.61 Å². The van der Waals surface area contributed by atoms with Gasteiger partial charge in [-0.2, -0.15) is 0 Å². The van der Waals surface area contributed by atoms with Gasteiger partial charge in [0.25, 0.3) is 0 Å². The van der Waals surface area contributed by atoms with Crippen molar-refractivity contribution in [3.05, 3.63) is 43.0 Å². The number of rotatable bonds is 5. The summed E-state index contributed by atoms with van der Waals surface area (Å²) in [7, 11) is 0. The van der Waals surface area contributed by atoms with Crippen molar-refractivity contribution in [3.63, 3.8) is 0 Å². The van der Waals surface area contributed by atoms with Gasteiger partial charge in [-0.3, -0.25) is 0 Å². The number of para-hydroxylation sites is 1. The molecule has 0 aliphatic heterocycles. The first-order valence-corrected chi connectivity index (χ1v) is 4.30. The molecule has 15 heavy (non-hydrogen) atoms. The van der Waals surface area contributed by atoms with Crippen LogP contribution in [0.1, 0.15) is 0 Å². The number of esters is 1. The molecule has 0 aliphatic rings. The van der Waals surface area contributed by atoms with Crippen molar-refractivity contribution in [2.45, 2.75) is 0 Å². The van der Waals surface area contributed by atoms with Crippen LogP contribution in [0, 0.1) is 0 Å². The summed E-state index contributed by atoms with van der Waals surface area (Å²) in [6, 6.07) is 9.35. The monoisotopic (exact) mass is 234 g/mol. The third-order valence-corrected chi connectivity index (χ3v) is 1.51. The molecule has 78 valence electrons. The normalized spacial score (nSPS) is 8.53. The molecule has 3 nitrogen and oxygen atoms in total. The zero-order valence-electron chi connectivity index (χ0n) is 7.81. The Morgan fingerprint density at radius 2 is 1.93 bits per heavy atom. The van der Waals surface area contributed by atoms with Crippen LogP contribution < -0.4 is 4.74 Å². The molecule has 0 aromatic heterocycles. The van der Waals surface area contributed by atoms with Crippen LogP contribution in [0.5, 0.6) is 5.75 Å². The number of hydrogen-bond donors (Lipinski definition) is 0.